The summed E-state index contributed by atoms with van der Waals surface area (Å²) >= 11 is 0. The first-order chi connectivity index (χ1) is 7.24. The minimum Gasteiger partial charge on any atom is -0.323 e. The molecule has 0 aromatic heterocycles. The number of rotatable bonds is 2. The molecule has 2 N–H and O–H groups in total. The number of fused-ring (bicyclic) bond motifs is 1. The van der Waals surface area contributed by atoms with Gasteiger partial charge in [-0.15, -0.1) is 0 Å². The molecular weight excluding hydrogens is 206 g/mol. The highest BCUT2D eigenvalue weighted by Crippen LogP contribution is 2.30. The van der Waals surface area contributed by atoms with Crippen LogP contribution in [0, 0.1) is 0 Å². The number of benzene rings is 1. The molecule has 0 amide bonds. The Morgan fingerprint density at radius 2 is 2.20 bits per heavy atom. The second-order valence-electron chi connectivity index (χ2n) is 3.97. The van der Waals surface area contributed by atoms with Gasteiger partial charge in [0.05, 0.1) is 5.25 Å². The first-order valence-corrected chi connectivity index (χ1v) is 6.82. The lowest BCUT2D eigenvalue weighted by Crippen LogP contribution is -2.35. The molecule has 0 heterocycles. The van der Waals surface area contributed by atoms with Crippen LogP contribution in [-0.4, -0.2) is 15.2 Å². The van der Waals surface area contributed by atoms with Crippen LogP contribution in [0.25, 0.3) is 0 Å². The molecule has 0 radical (unpaired) electrons. The lowest BCUT2D eigenvalue weighted by Gasteiger charge is -2.30. The molecule has 3 unspecified atom stereocenters. The molecule has 2 rings (SSSR count). The maximum Gasteiger partial charge on any atom is 0.0543 e. The van der Waals surface area contributed by atoms with Crippen molar-refractivity contribution in [3.63, 3.8) is 0 Å². The van der Waals surface area contributed by atoms with Crippen LogP contribution < -0.4 is 5.73 Å². The SMILES string of the molecule is CCS(=O)C1CCc2ccccc2C1N. The van der Waals surface area contributed by atoms with Crippen LogP contribution in [0.15, 0.2) is 24.3 Å². The number of aryl methyl sites for hydroxylation is 1. The van der Waals surface area contributed by atoms with Gasteiger partial charge in [0.2, 0.25) is 0 Å². The van der Waals surface area contributed by atoms with Gasteiger partial charge < -0.3 is 5.73 Å². The van der Waals surface area contributed by atoms with E-state index in [0.717, 1.165) is 12.8 Å². The smallest absolute Gasteiger partial charge is 0.0543 e. The summed E-state index contributed by atoms with van der Waals surface area (Å²) in [6.45, 7) is 1.96. The second-order valence-corrected chi connectivity index (χ2v) is 5.92. The van der Waals surface area contributed by atoms with Gasteiger partial charge in [-0.1, -0.05) is 31.2 Å². The van der Waals surface area contributed by atoms with Gasteiger partial charge >= 0.3 is 0 Å². The van der Waals surface area contributed by atoms with Gasteiger partial charge in [0.25, 0.3) is 0 Å². The van der Waals surface area contributed by atoms with E-state index >= 15 is 0 Å². The van der Waals surface area contributed by atoms with E-state index in [2.05, 4.69) is 12.1 Å². The lowest BCUT2D eigenvalue weighted by atomic mass is 9.88. The average molecular weight is 223 g/mol. The number of hydrogen-bond donors (Lipinski definition) is 1. The van der Waals surface area contributed by atoms with E-state index in [0.29, 0.717) is 5.75 Å². The van der Waals surface area contributed by atoms with Crippen molar-refractivity contribution in [2.75, 3.05) is 5.75 Å². The molecule has 0 bridgehead atoms. The molecule has 2 nitrogen and oxygen atoms in total. The predicted molar refractivity (Wildman–Crippen MR) is 64.2 cm³/mol. The van der Waals surface area contributed by atoms with Gasteiger partial charge in [0.1, 0.15) is 0 Å². The van der Waals surface area contributed by atoms with Crippen molar-refractivity contribution in [2.24, 2.45) is 5.73 Å². The maximum atomic E-state index is 11.8. The van der Waals surface area contributed by atoms with E-state index in [4.69, 9.17) is 5.73 Å². The molecule has 0 fully saturated rings. The van der Waals surface area contributed by atoms with Crippen molar-refractivity contribution in [2.45, 2.75) is 31.1 Å². The molecule has 15 heavy (non-hydrogen) atoms. The van der Waals surface area contributed by atoms with Gasteiger partial charge in [0, 0.05) is 22.6 Å². The van der Waals surface area contributed by atoms with Gasteiger partial charge in [-0.2, -0.15) is 0 Å². The standard InChI is InChI=1S/C12H17NOS/c1-2-15(14)11-8-7-9-5-3-4-6-10(9)12(11)13/h3-6,11-12H,2,7-8,13H2,1H3. The highest BCUT2D eigenvalue weighted by Gasteiger charge is 2.29. The molecule has 0 saturated heterocycles. The van der Waals surface area contributed by atoms with Crippen LogP contribution >= 0.6 is 0 Å². The quantitative estimate of drug-likeness (QED) is 0.830. The Labute approximate surface area is 93.3 Å². The topological polar surface area (TPSA) is 43.1 Å². The lowest BCUT2D eigenvalue weighted by molar-refractivity contribution is 0.563. The van der Waals surface area contributed by atoms with Crippen LogP contribution in [0.5, 0.6) is 0 Å². The minimum atomic E-state index is -0.776. The number of hydrogen-bond acceptors (Lipinski definition) is 2. The van der Waals surface area contributed by atoms with Crippen molar-refractivity contribution in [1.82, 2.24) is 0 Å². The van der Waals surface area contributed by atoms with E-state index in [1.807, 2.05) is 19.1 Å². The van der Waals surface area contributed by atoms with Crippen LogP contribution in [0.1, 0.15) is 30.5 Å². The average Bonchev–Trinajstić information content (AvgIpc) is 2.29. The summed E-state index contributed by atoms with van der Waals surface area (Å²) < 4.78 is 11.8. The molecular formula is C12H17NOS. The normalized spacial score (nSPS) is 27.1. The third-order valence-electron chi connectivity index (χ3n) is 3.14. The molecule has 0 spiro atoms. The highest BCUT2D eigenvalue weighted by molar-refractivity contribution is 7.85. The Hall–Kier alpha value is -0.670. The zero-order valence-corrected chi connectivity index (χ0v) is 9.80. The van der Waals surface area contributed by atoms with Gasteiger partial charge in [-0.25, -0.2) is 0 Å². The largest absolute Gasteiger partial charge is 0.323 e. The molecule has 1 aliphatic rings. The second kappa shape index (κ2) is 4.45. The summed E-state index contributed by atoms with van der Waals surface area (Å²) in [7, 11) is -0.776. The first-order valence-electron chi connectivity index (χ1n) is 5.44. The van der Waals surface area contributed by atoms with Gasteiger partial charge in [-0.3, -0.25) is 4.21 Å². The third-order valence-corrected chi connectivity index (χ3v) is 4.91. The van der Waals surface area contributed by atoms with E-state index in [9.17, 15) is 4.21 Å². The number of nitrogens with two attached hydrogens (primary N) is 1. The fraction of sp³-hybridized carbons (Fsp3) is 0.500. The Balaban J connectivity index is 2.29. The Morgan fingerprint density at radius 1 is 1.47 bits per heavy atom. The molecule has 1 aromatic carbocycles. The Kier molecular flexibility index (Phi) is 3.22. The van der Waals surface area contributed by atoms with E-state index < -0.39 is 10.8 Å². The minimum absolute atomic E-state index is 0.0456. The molecule has 0 aliphatic heterocycles. The molecule has 82 valence electrons. The molecule has 1 aliphatic carbocycles. The van der Waals surface area contributed by atoms with Crippen molar-refractivity contribution in [1.29, 1.82) is 0 Å². The summed E-state index contributed by atoms with van der Waals surface area (Å²) in [4.78, 5) is 0. The maximum absolute atomic E-state index is 11.8. The van der Waals surface area contributed by atoms with Gasteiger partial charge in [0.15, 0.2) is 0 Å². The Morgan fingerprint density at radius 3 is 2.93 bits per heavy atom. The van der Waals surface area contributed by atoms with Crippen LogP contribution in [0.2, 0.25) is 0 Å². The van der Waals surface area contributed by atoms with Crippen LogP contribution in [-0.2, 0) is 17.2 Å². The van der Waals surface area contributed by atoms with Gasteiger partial charge in [-0.05, 0) is 24.0 Å². The predicted octanol–water partition coefficient (Wildman–Crippen LogP) is 1.77. The summed E-state index contributed by atoms with van der Waals surface area (Å²) in [6.07, 6.45) is 1.97. The van der Waals surface area contributed by atoms with Crippen molar-refractivity contribution >= 4 is 10.8 Å². The summed E-state index contributed by atoms with van der Waals surface area (Å²) in [6, 6.07) is 8.20. The van der Waals surface area contributed by atoms with Crippen LogP contribution in [0.3, 0.4) is 0 Å². The molecule has 3 heteroatoms. The van der Waals surface area contributed by atoms with Crippen molar-refractivity contribution in [3.8, 4) is 0 Å². The molecule has 3 atom stereocenters. The van der Waals surface area contributed by atoms with Crippen LogP contribution in [0.4, 0.5) is 0 Å². The van der Waals surface area contributed by atoms with E-state index in [-0.39, 0.29) is 11.3 Å². The highest BCUT2D eigenvalue weighted by atomic mass is 32.2. The summed E-state index contributed by atoms with van der Waals surface area (Å²) in [5.74, 6) is 0.709. The third kappa shape index (κ3) is 1.99. The zero-order chi connectivity index (χ0) is 10.8. The summed E-state index contributed by atoms with van der Waals surface area (Å²) in [5, 5.41) is 0.143. The molecule has 1 aromatic rings. The Bertz CT molecular complexity index is 378. The monoisotopic (exact) mass is 223 g/mol. The molecule has 0 saturated carbocycles. The first kappa shape index (κ1) is 10.8. The van der Waals surface area contributed by atoms with Crippen molar-refractivity contribution in [3.05, 3.63) is 35.4 Å². The van der Waals surface area contributed by atoms with Crippen molar-refractivity contribution < 1.29 is 4.21 Å². The summed E-state index contributed by atoms with van der Waals surface area (Å²) in [5.41, 5.74) is 8.69. The van der Waals surface area contributed by atoms with E-state index in [1.165, 1.54) is 11.1 Å². The fourth-order valence-electron chi connectivity index (χ4n) is 2.27. The van der Waals surface area contributed by atoms with E-state index in [1.54, 1.807) is 0 Å². The zero-order valence-electron chi connectivity index (χ0n) is 8.98. The fourth-order valence-corrected chi connectivity index (χ4v) is 3.56.